The fraction of sp³-hybridized carbons (Fsp3) is 0.273. The summed E-state index contributed by atoms with van der Waals surface area (Å²) in [7, 11) is 0. The second kappa shape index (κ2) is 3.44. The van der Waals surface area contributed by atoms with Gasteiger partial charge in [-0.1, -0.05) is 25.1 Å². The Morgan fingerprint density at radius 2 is 2.07 bits per heavy atom. The van der Waals surface area contributed by atoms with E-state index in [1.807, 2.05) is 37.4 Å². The third-order valence-corrected chi connectivity index (χ3v) is 2.62. The van der Waals surface area contributed by atoms with Crippen molar-refractivity contribution in [2.24, 2.45) is 5.73 Å². The molecule has 0 aliphatic carbocycles. The number of nitrogens with two attached hydrogens (primary N) is 1. The lowest BCUT2D eigenvalue weighted by molar-refractivity contribution is 0.157. The van der Waals surface area contributed by atoms with E-state index in [1.54, 1.807) is 0 Å². The van der Waals surface area contributed by atoms with Crippen molar-refractivity contribution in [2.45, 2.75) is 19.1 Å². The van der Waals surface area contributed by atoms with Gasteiger partial charge in [-0.15, -0.1) is 0 Å². The highest BCUT2D eigenvalue weighted by molar-refractivity contribution is 5.83. The first kappa shape index (κ1) is 9.24. The van der Waals surface area contributed by atoms with Crippen LogP contribution in [-0.4, -0.2) is 16.3 Å². The largest absolute Gasteiger partial charge is 0.378 e. The molecule has 1 heterocycles. The van der Waals surface area contributed by atoms with E-state index in [0.29, 0.717) is 0 Å². The first-order valence-electron chi connectivity index (χ1n) is 4.70. The fourth-order valence-electron chi connectivity index (χ4n) is 1.65. The van der Waals surface area contributed by atoms with Gasteiger partial charge in [0, 0.05) is 23.0 Å². The van der Waals surface area contributed by atoms with Gasteiger partial charge in [0.15, 0.2) is 0 Å². The van der Waals surface area contributed by atoms with Crippen LogP contribution in [0.1, 0.15) is 18.4 Å². The molecule has 0 fully saturated rings. The lowest BCUT2D eigenvalue weighted by Gasteiger charge is -2.13. The molecule has 0 amide bonds. The number of aliphatic hydroxyl groups excluding tert-OH is 1. The van der Waals surface area contributed by atoms with E-state index in [1.165, 1.54) is 0 Å². The lowest BCUT2D eigenvalue weighted by Crippen LogP contribution is -2.25. The molecule has 0 saturated heterocycles. The zero-order chi connectivity index (χ0) is 10.1. The molecule has 1 unspecified atom stereocenters. The molecule has 3 nitrogen and oxygen atoms in total. The number of benzene rings is 1. The molecule has 1 aromatic carbocycles. The second-order valence-corrected chi connectivity index (χ2v) is 3.57. The number of aromatic amines is 1. The van der Waals surface area contributed by atoms with Crippen LogP contribution < -0.4 is 5.73 Å². The van der Waals surface area contributed by atoms with Crippen molar-refractivity contribution in [2.75, 3.05) is 0 Å². The minimum absolute atomic E-state index is 0.0499. The average molecular weight is 190 g/mol. The average Bonchev–Trinajstić information content (AvgIpc) is 2.60. The maximum atomic E-state index is 9.32. The van der Waals surface area contributed by atoms with Crippen LogP contribution in [0, 0.1) is 0 Å². The zero-order valence-electron chi connectivity index (χ0n) is 8.07. The molecule has 0 bridgehead atoms. The van der Waals surface area contributed by atoms with Gasteiger partial charge in [0.1, 0.15) is 6.23 Å². The van der Waals surface area contributed by atoms with Gasteiger partial charge in [0.2, 0.25) is 0 Å². The van der Waals surface area contributed by atoms with Gasteiger partial charge in [-0.05, 0) is 11.6 Å². The Hall–Kier alpha value is -1.32. The highest BCUT2D eigenvalue weighted by Crippen LogP contribution is 2.25. The van der Waals surface area contributed by atoms with Gasteiger partial charge in [0.05, 0.1) is 0 Å². The van der Waals surface area contributed by atoms with Crippen molar-refractivity contribution in [1.82, 2.24) is 4.98 Å². The molecule has 0 aliphatic rings. The Balaban J connectivity index is 2.53. The minimum atomic E-state index is -0.811. The normalized spacial score (nSPS) is 15.6. The molecule has 14 heavy (non-hydrogen) atoms. The van der Waals surface area contributed by atoms with Crippen LogP contribution in [0.3, 0.4) is 0 Å². The van der Waals surface area contributed by atoms with Crippen molar-refractivity contribution in [3.8, 4) is 0 Å². The van der Waals surface area contributed by atoms with Crippen LogP contribution >= 0.6 is 0 Å². The van der Waals surface area contributed by atoms with Crippen LogP contribution in [-0.2, 0) is 0 Å². The van der Waals surface area contributed by atoms with E-state index in [-0.39, 0.29) is 5.92 Å². The second-order valence-electron chi connectivity index (χ2n) is 3.57. The van der Waals surface area contributed by atoms with Crippen LogP contribution in [0.25, 0.3) is 10.9 Å². The number of aliphatic hydroxyl groups is 1. The topological polar surface area (TPSA) is 62.0 Å². The number of hydrogen-bond acceptors (Lipinski definition) is 2. The van der Waals surface area contributed by atoms with Crippen molar-refractivity contribution >= 4 is 10.9 Å². The monoisotopic (exact) mass is 190 g/mol. The molecule has 2 rings (SSSR count). The van der Waals surface area contributed by atoms with E-state index >= 15 is 0 Å². The zero-order valence-corrected chi connectivity index (χ0v) is 8.07. The van der Waals surface area contributed by atoms with E-state index in [9.17, 15) is 5.11 Å². The number of rotatable bonds is 2. The molecule has 4 N–H and O–H groups in total. The predicted octanol–water partition coefficient (Wildman–Crippen LogP) is 1.55. The first-order valence-corrected chi connectivity index (χ1v) is 4.70. The van der Waals surface area contributed by atoms with Crippen molar-refractivity contribution in [1.29, 1.82) is 0 Å². The Bertz CT molecular complexity index is 434. The molecule has 0 saturated carbocycles. The van der Waals surface area contributed by atoms with E-state index in [4.69, 9.17) is 5.73 Å². The molecule has 3 heteroatoms. The Kier molecular flexibility index (Phi) is 2.27. The third-order valence-electron chi connectivity index (χ3n) is 2.62. The van der Waals surface area contributed by atoms with Gasteiger partial charge < -0.3 is 15.8 Å². The summed E-state index contributed by atoms with van der Waals surface area (Å²) in [4.78, 5) is 3.16. The van der Waals surface area contributed by atoms with Gasteiger partial charge >= 0.3 is 0 Å². The molecular weight excluding hydrogens is 176 g/mol. The molecule has 1 aromatic heterocycles. The summed E-state index contributed by atoms with van der Waals surface area (Å²) in [5.74, 6) is -0.0499. The maximum Gasteiger partial charge on any atom is 0.109 e. The molecule has 2 aromatic rings. The smallest absolute Gasteiger partial charge is 0.109 e. The first-order chi connectivity index (χ1) is 6.70. The summed E-state index contributed by atoms with van der Waals surface area (Å²) in [5, 5.41) is 10.4. The molecule has 0 aliphatic heterocycles. The van der Waals surface area contributed by atoms with Crippen molar-refractivity contribution in [3.05, 3.63) is 36.0 Å². The summed E-state index contributed by atoms with van der Waals surface area (Å²) >= 11 is 0. The number of nitrogens with one attached hydrogen (secondary N) is 1. The maximum absolute atomic E-state index is 9.32. The Labute approximate surface area is 82.6 Å². The quantitative estimate of drug-likeness (QED) is 0.629. The van der Waals surface area contributed by atoms with E-state index in [0.717, 1.165) is 16.5 Å². The van der Waals surface area contributed by atoms with Gasteiger partial charge in [-0.25, -0.2) is 0 Å². The van der Waals surface area contributed by atoms with Crippen LogP contribution in [0.2, 0.25) is 0 Å². The highest BCUT2D eigenvalue weighted by Gasteiger charge is 2.15. The molecular formula is C11H14N2O. The summed E-state index contributed by atoms with van der Waals surface area (Å²) in [6.07, 6.45) is 1.10. The van der Waals surface area contributed by atoms with E-state index in [2.05, 4.69) is 4.98 Å². The standard InChI is InChI=1S/C11H14N2O/c1-7(11(12)14)9-6-13-10-5-3-2-4-8(9)10/h2-7,11,13-14H,12H2,1H3/t7?,11-/m1/s1. The van der Waals surface area contributed by atoms with Crippen molar-refractivity contribution < 1.29 is 5.11 Å². The van der Waals surface area contributed by atoms with Crippen LogP contribution in [0.4, 0.5) is 0 Å². The van der Waals surface area contributed by atoms with Gasteiger partial charge in [-0.3, -0.25) is 0 Å². The van der Waals surface area contributed by atoms with Gasteiger partial charge in [0.25, 0.3) is 0 Å². The number of hydrogen-bond donors (Lipinski definition) is 3. The number of para-hydroxylation sites is 1. The number of fused-ring (bicyclic) bond motifs is 1. The Morgan fingerprint density at radius 3 is 2.79 bits per heavy atom. The Morgan fingerprint density at radius 1 is 1.36 bits per heavy atom. The minimum Gasteiger partial charge on any atom is -0.378 e. The fourth-order valence-corrected chi connectivity index (χ4v) is 1.65. The van der Waals surface area contributed by atoms with Crippen LogP contribution in [0.5, 0.6) is 0 Å². The van der Waals surface area contributed by atoms with Crippen LogP contribution in [0.15, 0.2) is 30.5 Å². The molecule has 2 atom stereocenters. The third kappa shape index (κ3) is 1.41. The van der Waals surface area contributed by atoms with E-state index < -0.39 is 6.23 Å². The summed E-state index contributed by atoms with van der Waals surface area (Å²) in [6, 6.07) is 8.00. The predicted molar refractivity (Wildman–Crippen MR) is 56.9 cm³/mol. The summed E-state index contributed by atoms with van der Waals surface area (Å²) in [5.41, 5.74) is 7.60. The molecule has 0 radical (unpaired) electrons. The molecule has 74 valence electrons. The lowest BCUT2D eigenvalue weighted by atomic mass is 9.99. The van der Waals surface area contributed by atoms with Crippen molar-refractivity contribution in [3.63, 3.8) is 0 Å². The molecule has 0 spiro atoms. The number of aromatic nitrogens is 1. The highest BCUT2D eigenvalue weighted by atomic mass is 16.3. The number of H-pyrrole nitrogens is 1. The van der Waals surface area contributed by atoms with Gasteiger partial charge in [-0.2, -0.15) is 0 Å². The summed E-state index contributed by atoms with van der Waals surface area (Å²) < 4.78 is 0. The summed E-state index contributed by atoms with van der Waals surface area (Å²) in [6.45, 7) is 1.92. The SMILES string of the molecule is CC(c1c[nH]c2ccccc12)[C@H](N)O.